The van der Waals surface area contributed by atoms with E-state index in [4.69, 9.17) is 16.3 Å². The van der Waals surface area contributed by atoms with Crippen molar-refractivity contribution in [3.8, 4) is 0 Å². The Morgan fingerprint density at radius 2 is 2.24 bits per heavy atom. The summed E-state index contributed by atoms with van der Waals surface area (Å²) in [4.78, 5) is 9.01. The Labute approximate surface area is 126 Å². The maximum absolute atomic E-state index is 12.7. The van der Waals surface area contributed by atoms with Crippen molar-refractivity contribution in [3.05, 3.63) is 16.7 Å². The first-order valence-corrected chi connectivity index (χ1v) is 7.42. The van der Waals surface area contributed by atoms with Gasteiger partial charge in [0, 0.05) is 26.1 Å². The van der Waals surface area contributed by atoms with Crippen LogP contribution >= 0.6 is 11.6 Å². The van der Waals surface area contributed by atoms with Crippen molar-refractivity contribution in [2.24, 2.45) is 0 Å². The van der Waals surface area contributed by atoms with Gasteiger partial charge >= 0.3 is 6.18 Å². The van der Waals surface area contributed by atoms with Crippen molar-refractivity contribution < 1.29 is 17.9 Å². The summed E-state index contributed by atoms with van der Waals surface area (Å²) >= 11 is 6.05. The summed E-state index contributed by atoms with van der Waals surface area (Å²) in [6.07, 6.45) is -3.22. The number of aromatic nitrogens is 2. The second-order valence-corrected chi connectivity index (χ2v) is 5.55. The van der Waals surface area contributed by atoms with Crippen LogP contribution in [0.3, 0.4) is 0 Å². The molecule has 1 aliphatic rings. The van der Waals surface area contributed by atoms with Crippen LogP contribution in [0.15, 0.2) is 0 Å². The number of ether oxygens (including phenoxy) is 1. The van der Waals surface area contributed by atoms with E-state index in [9.17, 15) is 13.2 Å². The third-order valence-corrected chi connectivity index (χ3v) is 3.75. The number of halogens is 4. The van der Waals surface area contributed by atoms with Crippen molar-refractivity contribution in [1.82, 2.24) is 14.9 Å². The molecule has 4 nitrogen and oxygen atoms in total. The third kappa shape index (κ3) is 4.59. The van der Waals surface area contributed by atoms with Crippen LogP contribution in [0, 0.1) is 0 Å². The molecular weight excluding hydrogens is 307 g/mol. The van der Waals surface area contributed by atoms with Gasteiger partial charge in [0.15, 0.2) is 11.3 Å². The summed E-state index contributed by atoms with van der Waals surface area (Å²) in [6.45, 7) is 2.75. The molecule has 1 saturated heterocycles. The first kappa shape index (κ1) is 16.6. The normalized spacial score (nSPS) is 20.9. The summed E-state index contributed by atoms with van der Waals surface area (Å²) < 4.78 is 42.8. The van der Waals surface area contributed by atoms with Crippen LogP contribution in [0.4, 0.5) is 13.2 Å². The Morgan fingerprint density at radius 1 is 1.48 bits per heavy atom. The number of nitrogens with zero attached hydrogens (tertiary/aromatic N) is 2. The highest BCUT2D eigenvalue weighted by Crippen LogP contribution is 2.26. The Morgan fingerprint density at radius 3 is 2.90 bits per heavy atom. The molecule has 0 unspecified atom stereocenters. The van der Waals surface area contributed by atoms with Crippen LogP contribution in [0.25, 0.3) is 0 Å². The molecule has 2 rings (SSSR count). The lowest BCUT2D eigenvalue weighted by Gasteiger charge is -2.33. The molecule has 1 N–H and O–H groups in total. The standard InChI is InChI=1S/C13H19ClF3N3O/c1-2-3-4-11-18-9(12(14)19-11)7-20-5-6-21-10(8-20)13(15,16)17/h10H,2-8H2,1H3,(H,18,19)/t10-/m1/s1. The van der Waals surface area contributed by atoms with Crippen molar-refractivity contribution in [2.45, 2.75) is 45.0 Å². The van der Waals surface area contributed by atoms with E-state index in [1.54, 1.807) is 4.90 Å². The van der Waals surface area contributed by atoms with Gasteiger partial charge in [0.2, 0.25) is 0 Å². The summed E-state index contributed by atoms with van der Waals surface area (Å²) in [6, 6.07) is 0. The molecule has 2 heterocycles. The van der Waals surface area contributed by atoms with E-state index >= 15 is 0 Å². The minimum Gasteiger partial charge on any atom is -0.366 e. The molecule has 1 aromatic rings. The van der Waals surface area contributed by atoms with Gasteiger partial charge in [0.25, 0.3) is 0 Å². The number of hydrogen-bond donors (Lipinski definition) is 1. The lowest BCUT2D eigenvalue weighted by Crippen LogP contribution is -2.48. The molecule has 0 aromatic carbocycles. The second kappa shape index (κ2) is 6.98. The van der Waals surface area contributed by atoms with E-state index in [2.05, 4.69) is 16.9 Å². The predicted molar refractivity (Wildman–Crippen MR) is 73.3 cm³/mol. The third-order valence-electron chi connectivity index (χ3n) is 3.44. The smallest absolute Gasteiger partial charge is 0.366 e. The molecular formula is C13H19ClF3N3O. The number of imidazole rings is 1. The van der Waals surface area contributed by atoms with E-state index in [0.717, 1.165) is 25.1 Å². The molecule has 0 amide bonds. The van der Waals surface area contributed by atoms with Crippen LogP contribution < -0.4 is 0 Å². The first-order valence-electron chi connectivity index (χ1n) is 7.04. The van der Waals surface area contributed by atoms with E-state index in [1.165, 1.54) is 0 Å². The highest BCUT2D eigenvalue weighted by molar-refractivity contribution is 6.30. The monoisotopic (exact) mass is 325 g/mol. The number of rotatable bonds is 5. The van der Waals surface area contributed by atoms with Crippen LogP contribution in [0.1, 0.15) is 31.3 Å². The van der Waals surface area contributed by atoms with Crippen LogP contribution in [0.5, 0.6) is 0 Å². The zero-order valence-corrected chi connectivity index (χ0v) is 12.6. The predicted octanol–water partition coefficient (Wildman–Crippen LogP) is 3.17. The molecule has 1 fully saturated rings. The molecule has 8 heteroatoms. The number of morpholine rings is 1. The zero-order valence-electron chi connectivity index (χ0n) is 11.8. The van der Waals surface area contributed by atoms with Gasteiger partial charge in [-0.05, 0) is 6.42 Å². The fraction of sp³-hybridized carbons (Fsp3) is 0.769. The van der Waals surface area contributed by atoms with Gasteiger partial charge in [0.1, 0.15) is 5.82 Å². The fourth-order valence-electron chi connectivity index (χ4n) is 2.27. The molecule has 1 aromatic heterocycles. The van der Waals surface area contributed by atoms with Gasteiger partial charge < -0.3 is 9.72 Å². The number of aromatic amines is 1. The van der Waals surface area contributed by atoms with E-state index in [1.807, 2.05) is 0 Å². The SMILES string of the molecule is CCCCc1nc(Cl)c(CN2CCO[C@@H](C(F)(F)F)C2)[nH]1. The number of unbranched alkanes of at least 4 members (excludes halogenated alkanes) is 1. The average Bonchev–Trinajstić information content (AvgIpc) is 2.76. The van der Waals surface area contributed by atoms with Gasteiger partial charge in [0.05, 0.1) is 12.3 Å². The molecule has 0 aliphatic carbocycles. The lowest BCUT2D eigenvalue weighted by molar-refractivity contribution is -0.237. The van der Waals surface area contributed by atoms with Gasteiger partial charge in [-0.3, -0.25) is 4.90 Å². The summed E-state index contributed by atoms with van der Waals surface area (Å²) in [7, 11) is 0. The molecule has 21 heavy (non-hydrogen) atoms. The Bertz CT molecular complexity index is 464. The zero-order chi connectivity index (χ0) is 15.5. The number of alkyl halides is 3. The quantitative estimate of drug-likeness (QED) is 0.904. The van der Waals surface area contributed by atoms with Gasteiger partial charge in [-0.25, -0.2) is 4.98 Å². The highest BCUT2D eigenvalue weighted by atomic mass is 35.5. The largest absolute Gasteiger partial charge is 0.415 e. The molecule has 0 spiro atoms. The maximum Gasteiger partial charge on any atom is 0.415 e. The number of hydrogen-bond acceptors (Lipinski definition) is 3. The van der Waals surface area contributed by atoms with Crippen molar-refractivity contribution in [1.29, 1.82) is 0 Å². The Balaban J connectivity index is 1.96. The van der Waals surface area contributed by atoms with Crippen LogP contribution in [0.2, 0.25) is 5.15 Å². The number of aryl methyl sites for hydroxylation is 1. The molecule has 0 saturated carbocycles. The maximum atomic E-state index is 12.7. The van der Waals surface area contributed by atoms with E-state index < -0.39 is 12.3 Å². The molecule has 1 atom stereocenters. The topological polar surface area (TPSA) is 41.2 Å². The fourth-order valence-corrected chi connectivity index (χ4v) is 2.48. The number of nitrogens with one attached hydrogen (secondary N) is 1. The van der Waals surface area contributed by atoms with E-state index in [-0.39, 0.29) is 13.2 Å². The second-order valence-electron chi connectivity index (χ2n) is 5.19. The Kier molecular flexibility index (Phi) is 5.51. The molecule has 1 aliphatic heterocycles. The van der Waals surface area contributed by atoms with Gasteiger partial charge in [-0.1, -0.05) is 24.9 Å². The highest BCUT2D eigenvalue weighted by Gasteiger charge is 2.43. The van der Waals surface area contributed by atoms with Crippen molar-refractivity contribution in [3.63, 3.8) is 0 Å². The molecule has 120 valence electrons. The summed E-state index contributed by atoms with van der Waals surface area (Å²) in [5.74, 6) is 0.789. The van der Waals surface area contributed by atoms with E-state index in [0.29, 0.717) is 23.9 Å². The summed E-state index contributed by atoms with van der Waals surface area (Å²) in [5, 5.41) is 0.344. The van der Waals surface area contributed by atoms with Gasteiger partial charge in [-0.2, -0.15) is 13.2 Å². The van der Waals surface area contributed by atoms with Crippen LogP contribution in [-0.4, -0.2) is 46.8 Å². The summed E-state index contributed by atoms with van der Waals surface area (Å²) in [5.41, 5.74) is 0.672. The van der Waals surface area contributed by atoms with Gasteiger partial charge in [-0.15, -0.1) is 0 Å². The minimum absolute atomic E-state index is 0.0681. The molecule has 0 radical (unpaired) electrons. The minimum atomic E-state index is -4.33. The van der Waals surface area contributed by atoms with Crippen LogP contribution in [-0.2, 0) is 17.7 Å². The van der Waals surface area contributed by atoms with Crippen molar-refractivity contribution in [2.75, 3.05) is 19.7 Å². The van der Waals surface area contributed by atoms with Crippen molar-refractivity contribution >= 4 is 11.6 Å². The first-order chi connectivity index (χ1) is 9.90. The number of H-pyrrole nitrogens is 1. The average molecular weight is 326 g/mol. The molecule has 0 bridgehead atoms. The lowest BCUT2D eigenvalue weighted by atomic mass is 10.2. The Hall–Kier alpha value is -0.790.